The molecule has 2 heterocycles. The number of amides is 1. The molecule has 0 aliphatic carbocycles. The predicted octanol–water partition coefficient (Wildman–Crippen LogP) is 4.06. The van der Waals surface area contributed by atoms with Gasteiger partial charge in [0.1, 0.15) is 0 Å². The zero-order chi connectivity index (χ0) is 16.5. The van der Waals surface area contributed by atoms with Gasteiger partial charge < -0.3 is 5.32 Å². The van der Waals surface area contributed by atoms with Crippen molar-refractivity contribution in [3.8, 4) is 0 Å². The summed E-state index contributed by atoms with van der Waals surface area (Å²) in [5, 5.41) is 11.8. The Labute approximate surface area is 146 Å². The molecule has 1 unspecified atom stereocenters. The molecule has 4 aromatic rings. The van der Waals surface area contributed by atoms with Gasteiger partial charge in [0, 0.05) is 5.69 Å². The van der Waals surface area contributed by atoms with Crippen LogP contribution in [0, 0.1) is 0 Å². The van der Waals surface area contributed by atoms with Gasteiger partial charge in [0.05, 0.1) is 15.5 Å². The molecule has 24 heavy (non-hydrogen) atoms. The van der Waals surface area contributed by atoms with Gasteiger partial charge in [-0.25, -0.2) is 0 Å². The molecule has 0 saturated carbocycles. The number of benzene rings is 2. The van der Waals surface area contributed by atoms with E-state index in [0.717, 1.165) is 26.0 Å². The molecule has 0 spiro atoms. The predicted molar refractivity (Wildman–Crippen MR) is 98.8 cm³/mol. The van der Waals surface area contributed by atoms with Crippen molar-refractivity contribution in [3.63, 3.8) is 0 Å². The van der Waals surface area contributed by atoms with E-state index in [-0.39, 0.29) is 11.2 Å². The van der Waals surface area contributed by atoms with Crippen LogP contribution in [0.4, 0.5) is 5.69 Å². The van der Waals surface area contributed by atoms with Gasteiger partial charge in [-0.3, -0.25) is 9.20 Å². The van der Waals surface area contributed by atoms with Gasteiger partial charge >= 0.3 is 0 Å². The normalized spacial score (nSPS) is 12.5. The molecule has 1 amide bonds. The third-order valence-corrected chi connectivity index (χ3v) is 5.66. The minimum atomic E-state index is -0.281. The lowest BCUT2D eigenvalue weighted by Crippen LogP contribution is -2.22. The Bertz CT molecular complexity index is 1010. The second-order valence-corrected chi connectivity index (χ2v) is 7.60. The van der Waals surface area contributed by atoms with E-state index in [1.807, 2.05) is 59.9 Å². The number of fused-ring (bicyclic) bond motifs is 3. The molecule has 1 atom stereocenters. The van der Waals surface area contributed by atoms with Gasteiger partial charge in [-0.1, -0.05) is 53.4 Å². The average Bonchev–Trinajstić information content (AvgIpc) is 3.15. The van der Waals surface area contributed by atoms with Crippen molar-refractivity contribution in [2.45, 2.75) is 17.3 Å². The van der Waals surface area contributed by atoms with E-state index in [1.165, 1.54) is 11.8 Å². The van der Waals surface area contributed by atoms with Gasteiger partial charge in [-0.2, -0.15) is 0 Å². The van der Waals surface area contributed by atoms with Crippen molar-refractivity contribution in [2.24, 2.45) is 0 Å². The Morgan fingerprint density at radius 3 is 2.71 bits per heavy atom. The van der Waals surface area contributed by atoms with Crippen LogP contribution in [-0.4, -0.2) is 25.8 Å². The summed E-state index contributed by atoms with van der Waals surface area (Å²) in [7, 11) is 0. The van der Waals surface area contributed by atoms with E-state index in [9.17, 15) is 4.79 Å². The fraction of sp³-hybridized carbons (Fsp3) is 0.118. The van der Waals surface area contributed by atoms with E-state index < -0.39 is 0 Å². The molecule has 0 aliphatic heterocycles. The Kier molecular flexibility index (Phi) is 3.95. The molecule has 0 saturated heterocycles. The molecule has 4 rings (SSSR count). The smallest absolute Gasteiger partial charge is 0.237 e. The van der Waals surface area contributed by atoms with E-state index in [4.69, 9.17) is 0 Å². The second kappa shape index (κ2) is 6.26. The standard InChI is InChI=1S/C17H14N4OS2/c1-11(15(22)18-12-7-3-2-4-8-12)23-16-19-20-17-21(16)13-9-5-6-10-14(13)24-17/h2-11H,1H3,(H,18,22). The highest BCUT2D eigenvalue weighted by Gasteiger charge is 2.20. The highest BCUT2D eigenvalue weighted by atomic mass is 32.2. The lowest BCUT2D eigenvalue weighted by Gasteiger charge is -2.10. The molecule has 7 heteroatoms. The number of aromatic nitrogens is 3. The summed E-state index contributed by atoms with van der Waals surface area (Å²) in [4.78, 5) is 13.2. The Hall–Kier alpha value is -2.38. The van der Waals surface area contributed by atoms with Gasteiger partial charge in [0.25, 0.3) is 0 Å². The van der Waals surface area contributed by atoms with Crippen LogP contribution in [0.3, 0.4) is 0 Å². The molecule has 0 fully saturated rings. The first-order chi connectivity index (χ1) is 11.7. The zero-order valence-electron chi connectivity index (χ0n) is 12.8. The number of rotatable bonds is 4. The molecule has 0 radical (unpaired) electrons. The summed E-state index contributed by atoms with van der Waals surface area (Å²) in [6.07, 6.45) is 0. The molecule has 1 N–H and O–H groups in total. The summed E-state index contributed by atoms with van der Waals surface area (Å²) in [5.41, 5.74) is 1.86. The molecular weight excluding hydrogens is 340 g/mol. The quantitative estimate of drug-likeness (QED) is 0.561. The highest BCUT2D eigenvalue weighted by molar-refractivity contribution is 8.00. The van der Waals surface area contributed by atoms with Crippen LogP contribution in [-0.2, 0) is 4.79 Å². The Morgan fingerprint density at radius 2 is 1.88 bits per heavy atom. The molecule has 120 valence electrons. The number of thiazole rings is 1. The zero-order valence-corrected chi connectivity index (χ0v) is 14.5. The lowest BCUT2D eigenvalue weighted by molar-refractivity contribution is -0.115. The number of carbonyl (C=O) groups is 1. The number of anilines is 1. The van der Waals surface area contributed by atoms with Crippen molar-refractivity contribution >= 4 is 49.9 Å². The van der Waals surface area contributed by atoms with Crippen LogP contribution >= 0.6 is 23.1 Å². The molecule has 0 aliphatic rings. The van der Waals surface area contributed by atoms with E-state index in [2.05, 4.69) is 21.6 Å². The van der Waals surface area contributed by atoms with E-state index in [0.29, 0.717) is 0 Å². The molecule has 2 aromatic carbocycles. The minimum absolute atomic E-state index is 0.0533. The van der Waals surface area contributed by atoms with Crippen LogP contribution in [0.2, 0.25) is 0 Å². The molecular formula is C17H14N4OS2. The van der Waals surface area contributed by atoms with Gasteiger partial charge in [-0.05, 0) is 31.2 Å². The van der Waals surface area contributed by atoms with Crippen molar-refractivity contribution in [2.75, 3.05) is 5.32 Å². The van der Waals surface area contributed by atoms with Crippen LogP contribution in [0.5, 0.6) is 0 Å². The fourth-order valence-electron chi connectivity index (χ4n) is 2.41. The molecule has 0 bridgehead atoms. The Balaban J connectivity index is 1.58. The first kappa shape index (κ1) is 15.2. The monoisotopic (exact) mass is 354 g/mol. The lowest BCUT2D eigenvalue weighted by atomic mass is 10.3. The van der Waals surface area contributed by atoms with Gasteiger partial charge in [-0.15, -0.1) is 10.2 Å². The van der Waals surface area contributed by atoms with E-state index >= 15 is 0 Å². The average molecular weight is 354 g/mol. The number of nitrogens with one attached hydrogen (secondary N) is 1. The fourth-order valence-corrected chi connectivity index (χ4v) is 4.29. The van der Waals surface area contributed by atoms with Crippen LogP contribution in [0.25, 0.3) is 15.2 Å². The summed E-state index contributed by atoms with van der Waals surface area (Å²) < 4.78 is 3.17. The minimum Gasteiger partial charge on any atom is -0.325 e. The topological polar surface area (TPSA) is 59.3 Å². The maximum Gasteiger partial charge on any atom is 0.237 e. The van der Waals surface area contributed by atoms with Crippen molar-refractivity contribution < 1.29 is 4.79 Å². The van der Waals surface area contributed by atoms with E-state index in [1.54, 1.807) is 11.3 Å². The van der Waals surface area contributed by atoms with Gasteiger partial charge in [0.2, 0.25) is 10.9 Å². The van der Waals surface area contributed by atoms with Crippen LogP contribution < -0.4 is 5.32 Å². The number of carbonyl (C=O) groups excluding carboxylic acids is 1. The second-order valence-electron chi connectivity index (χ2n) is 5.29. The van der Waals surface area contributed by atoms with Gasteiger partial charge in [0.15, 0.2) is 5.16 Å². The summed E-state index contributed by atoms with van der Waals surface area (Å²) in [5.74, 6) is -0.0533. The Morgan fingerprint density at radius 1 is 1.12 bits per heavy atom. The maximum atomic E-state index is 12.4. The first-order valence-corrected chi connectivity index (χ1v) is 9.17. The number of para-hydroxylation sites is 2. The summed E-state index contributed by atoms with van der Waals surface area (Å²) in [6.45, 7) is 1.87. The number of hydrogen-bond acceptors (Lipinski definition) is 5. The summed E-state index contributed by atoms with van der Waals surface area (Å²) >= 11 is 3.01. The highest BCUT2D eigenvalue weighted by Crippen LogP contribution is 2.31. The van der Waals surface area contributed by atoms with Crippen molar-refractivity contribution in [1.29, 1.82) is 0 Å². The van der Waals surface area contributed by atoms with Crippen molar-refractivity contribution in [1.82, 2.24) is 14.6 Å². The number of thioether (sulfide) groups is 1. The van der Waals surface area contributed by atoms with Crippen LogP contribution in [0.15, 0.2) is 59.8 Å². The number of nitrogens with zero attached hydrogens (tertiary/aromatic N) is 3. The molecule has 2 aromatic heterocycles. The van der Waals surface area contributed by atoms with Crippen LogP contribution in [0.1, 0.15) is 6.92 Å². The maximum absolute atomic E-state index is 12.4. The summed E-state index contributed by atoms with van der Waals surface area (Å²) in [6, 6.07) is 17.6. The first-order valence-electron chi connectivity index (χ1n) is 7.47. The molecule has 5 nitrogen and oxygen atoms in total. The largest absolute Gasteiger partial charge is 0.325 e. The SMILES string of the molecule is CC(Sc1nnc2sc3ccccc3n12)C(=O)Nc1ccccc1. The third kappa shape index (κ3) is 2.76. The number of hydrogen-bond donors (Lipinski definition) is 1. The van der Waals surface area contributed by atoms with Crippen molar-refractivity contribution in [3.05, 3.63) is 54.6 Å². The third-order valence-electron chi connectivity index (χ3n) is 3.60.